The molecule has 0 spiro atoms. The van der Waals surface area contributed by atoms with Crippen molar-refractivity contribution >= 4 is 20.1 Å². The van der Waals surface area contributed by atoms with E-state index in [-0.39, 0.29) is 35.6 Å². The average molecular weight is 753 g/mol. The first-order valence-corrected chi connectivity index (χ1v) is 21.0. The van der Waals surface area contributed by atoms with E-state index in [0.717, 1.165) is 6.42 Å². The predicted molar refractivity (Wildman–Crippen MR) is 192 cm³/mol. The van der Waals surface area contributed by atoms with E-state index in [1.807, 2.05) is 11.3 Å². The van der Waals surface area contributed by atoms with Crippen LogP contribution < -0.4 is 24.8 Å². The van der Waals surface area contributed by atoms with Gasteiger partial charge in [0.05, 0.1) is 0 Å². The molecule has 5 aromatic rings. The Hall–Kier alpha value is -2.61. The van der Waals surface area contributed by atoms with Crippen LogP contribution in [0.1, 0.15) is 90.5 Å². The molecule has 4 aromatic carbocycles. The van der Waals surface area contributed by atoms with Gasteiger partial charge in [-0.1, -0.05) is 0 Å². The number of halogens is 2. The van der Waals surface area contributed by atoms with Gasteiger partial charge in [-0.25, -0.2) is 0 Å². The van der Waals surface area contributed by atoms with Gasteiger partial charge < -0.3 is 24.8 Å². The molecule has 4 heteroatoms. The van der Waals surface area contributed by atoms with E-state index >= 15 is 0 Å². The molecule has 0 saturated carbocycles. The molecule has 2 aliphatic carbocycles. The maximum Gasteiger partial charge on any atom is -1.00 e. The van der Waals surface area contributed by atoms with Crippen LogP contribution in [0.5, 0.6) is 0 Å². The summed E-state index contributed by atoms with van der Waals surface area (Å²) >= 11 is -1.08. The summed E-state index contributed by atoms with van der Waals surface area (Å²) < 4.78 is 3.70. The summed E-state index contributed by atoms with van der Waals surface area (Å²) in [5.41, 5.74) is 14.6. The number of allylic oxidation sites excluding steroid dienone is 4. The van der Waals surface area contributed by atoms with Crippen molar-refractivity contribution in [2.75, 3.05) is 0 Å². The third-order valence-corrected chi connectivity index (χ3v) is 18.7. The second-order valence-corrected chi connectivity index (χ2v) is 21.5. The van der Waals surface area contributed by atoms with Crippen molar-refractivity contribution in [2.45, 2.75) is 62.4 Å². The standard InChI is InChI=1S/C21H25.C13H10.C9H7S.2ClH.Zr/c1-20(2,3)16-7-9-18-14(12-16)11-15-13-17(21(4,5)6)8-10-19(15)18;1-3-7-12(8-4-1)11-13-9-5-2-6-10-13;1-2-4-8(3-1)9-5-6-10-7-9;;;/h7-13H,1-6H3;1-10H;1,3,5-7H,2H2;2*1H;/q;;;;;+2/p-2. The normalized spacial score (nSPS) is 13.7. The van der Waals surface area contributed by atoms with E-state index in [0.29, 0.717) is 3.63 Å². The molecule has 238 valence electrons. The molecule has 2 aliphatic rings. The van der Waals surface area contributed by atoms with Crippen LogP contribution in [0.2, 0.25) is 0 Å². The van der Waals surface area contributed by atoms with Crippen molar-refractivity contribution in [3.8, 4) is 11.1 Å². The number of fused-ring (bicyclic) bond motifs is 3. The Morgan fingerprint density at radius 3 is 1.62 bits per heavy atom. The van der Waals surface area contributed by atoms with Crippen LogP contribution in [0.3, 0.4) is 0 Å². The zero-order chi connectivity index (χ0) is 31.3. The monoisotopic (exact) mass is 750 g/mol. The number of benzene rings is 4. The largest absolute Gasteiger partial charge is 1.00 e. The van der Waals surface area contributed by atoms with E-state index in [1.165, 1.54) is 44.5 Å². The second-order valence-electron chi connectivity index (χ2n) is 14.6. The van der Waals surface area contributed by atoms with Crippen molar-refractivity contribution in [3.63, 3.8) is 0 Å². The third-order valence-electron chi connectivity index (χ3n) is 9.52. The first-order chi connectivity index (χ1) is 21.6. The summed E-state index contributed by atoms with van der Waals surface area (Å²) in [5.74, 6) is 0. The minimum absolute atomic E-state index is 0. The van der Waals surface area contributed by atoms with Crippen molar-refractivity contribution in [2.24, 2.45) is 0 Å². The van der Waals surface area contributed by atoms with Crippen molar-refractivity contribution < 1.29 is 46.1 Å². The van der Waals surface area contributed by atoms with Crippen LogP contribution in [-0.2, 0) is 32.1 Å². The van der Waals surface area contributed by atoms with Crippen molar-refractivity contribution in [3.05, 3.63) is 168 Å². The summed E-state index contributed by atoms with van der Waals surface area (Å²) in [7, 11) is 0. The summed E-state index contributed by atoms with van der Waals surface area (Å²) in [6, 6.07) is 39.9. The molecule has 0 radical (unpaired) electrons. The van der Waals surface area contributed by atoms with Gasteiger partial charge >= 0.3 is 283 Å². The predicted octanol–water partition coefficient (Wildman–Crippen LogP) is 5.68. The molecular formula is C43H42Cl2SZr. The van der Waals surface area contributed by atoms with Crippen molar-refractivity contribution in [1.29, 1.82) is 0 Å². The van der Waals surface area contributed by atoms with E-state index in [4.69, 9.17) is 0 Å². The fourth-order valence-electron chi connectivity index (χ4n) is 7.11. The second kappa shape index (κ2) is 14.1. The average Bonchev–Trinajstić information content (AvgIpc) is 3.79. The Bertz CT molecular complexity index is 1860. The molecule has 0 fully saturated rings. The number of hydrogen-bond donors (Lipinski definition) is 0. The van der Waals surface area contributed by atoms with Gasteiger partial charge in [0.25, 0.3) is 0 Å². The molecule has 0 amide bonds. The smallest absolute Gasteiger partial charge is 1.00 e. The minimum atomic E-state index is -2.88. The van der Waals surface area contributed by atoms with Crippen LogP contribution in [0.4, 0.5) is 0 Å². The Labute approximate surface area is 305 Å². The Morgan fingerprint density at radius 1 is 0.660 bits per heavy atom. The molecule has 0 unspecified atom stereocenters. The molecular weight excluding hydrogens is 711 g/mol. The fraction of sp³-hybridized carbons (Fsp3) is 0.233. The molecule has 0 N–H and O–H groups in total. The Kier molecular flexibility index (Phi) is 10.7. The van der Waals surface area contributed by atoms with Gasteiger partial charge in [0.1, 0.15) is 0 Å². The zero-order valence-electron chi connectivity index (χ0n) is 28.1. The topological polar surface area (TPSA) is 0 Å². The quantitative estimate of drug-likeness (QED) is 0.217. The molecule has 0 atom stereocenters. The van der Waals surface area contributed by atoms with Gasteiger partial charge in [0.2, 0.25) is 0 Å². The van der Waals surface area contributed by atoms with E-state index in [2.05, 4.69) is 168 Å². The van der Waals surface area contributed by atoms with Crippen LogP contribution in [0.15, 0.2) is 129 Å². The zero-order valence-corrected chi connectivity index (χ0v) is 32.9. The number of hydrogen-bond acceptors (Lipinski definition) is 1. The van der Waals surface area contributed by atoms with Crippen LogP contribution >= 0.6 is 11.3 Å². The first kappa shape index (κ1) is 35.7. The maximum absolute atomic E-state index is 2.88. The maximum atomic E-state index is 2.60. The minimum Gasteiger partial charge on any atom is -1.00 e. The van der Waals surface area contributed by atoms with E-state index < -0.39 is 21.3 Å². The van der Waals surface area contributed by atoms with Gasteiger partial charge in [-0.15, -0.1) is 0 Å². The Morgan fingerprint density at radius 2 is 1.17 bits per heavy atom. The number of thiophene rings is 1. The number of rotatable bonds is 5. The van der Waals surface area contributed by atoms with E-state index in [1.54, 1.807) is 17.6 Å². The molecule has 1 aromatic heterocycles. The van der Waals surface area contributed by atoms with Crippen LogP contribution in [0, 0.1) is 0 Å². The summed E-state index contributed by atoms with van der Waals surface area (Å²) in [4.78, 5) is 0. The summed E-state index contributed by atoms with van der Waals surface area (Å²) in [6.45, 7) is 14.1. The summed E-state index contributed by atoms with van der Waals surface area (Å²) in [6.07, 6.45) is 5.91. The molecule has 47 heavy (non-hydrogen) atoms. The Balaban J connectivity index is 0.00000217. The van der Waals surface area contributed by atoms with Gasteiger partial charge in [-0.05, 0) is 0 Å². The van der Waals surface area contributed by atoms with Gasteiger partial charge in [0, 0.05) is 0 Å². The molecule has 0 nitrogen and oxygen atoms in total. The van der Waals surface area contributed by atoms with Crippen LogP contribution in [-0.4, -0.2) is 3.21 Å². The molecule has 0 saturated heterocycles. The van der Waals surface area contributed by atoms with Crippen LogP contribution in [0.25, 0.3) is 16.7 Å². The fourth-order valence-corrected chi connectivity index (χ4v) is 17.2. The molecule has 0 aliphatic heterocycles. The summed E-state index contributed by atoms with van der Waals surface area (Å²) in [5, 5.41) is 4.59. The third kappa shape index (κ3) is 6.82. The molecule has 7 rings (SSSR count). The first-order valence-electron chi connectivity index (χ1n) is 16.2. The molecule has 0 bridgehead atoms. The molecule has 1 heterocycles. The van der Waals surface area contributed by atoms with Gasteiger partial charge in [0.15, 0.2) is 0 Å². The van der Waals surface area contributed by atoms with Gasteiger partial charge in [-0.2, -0.15) is 0 Å². The van der Waals surface area contributed by atoms with E-state index in [9.17, 15) is 0 Å². The van der Waals surface area contributed by atoms with Gasteiger partial charge in [-0.3, -0.25) is 0 Å². The SMILES string of the molecule is CC(C)(C)c1ccc2c(c1)[CH]([Zr+2]([C]1=C(c3ccsc3)C=CC1)=[C](c1ccccc1)c1ccccc1)c1cc(C(C)(C)C)ccc1-2.[Cl-].[Cl-]. The van der Waals surface area contributed by atoms with Crippen molar-refractivity contribution in [1.82, 2.24) is 0 Å².